The summed E-state index contributed by atoms with van der Waals surface area (Å²) in [6.07, 6.45) is 3.68. The van der Waals surface area contributed by atoms with Crippen molar-refractivity contribution in [1.29, 1.82) is 5.26 Å². The molecule has 1 aliphatic rings. The van der Waals surface area contributed by atoms with Crippen LogP contribution < -0.4 is 14.8 Å². The van der Waals surface area contributed by atoms with Crippen LogP contribution in [0.15, 0.2) is 18.2 Å². The Balaban J connectivity index is 2.04. The standard InChI is InChI=1S/C16H20N2O3/c1-20-13-6-5-12(9-14(13)21-2)10-15(19)18-16(11-17)7-3-4-8-16/h5-6,9H,3-4,7-8,10H2,1-2H3,(H,18,19). The Morgan fingerprint density at radius 3 is 2.52 bits per heavy atom. The van der Waals surface area contributed by atoms with Crippen molar-refractivity contribution in [3.05, 3.63) is 23.8 Å². The largest absolute Gasteiger partial charge is 0.493 e. The number of amides is 1. The van der Waals surface area contributed by atoms with Gasteiger partial charge in [0.05, 0.1) is 26.7 Å². The molecule has 0 saturated heterocycles. The van der Waals surface area contributed by atoms with Crippen molar-refractivity contribution >= 4 is 5.91 Å². The van der Waals surface area contributed by atoms with E-state index in [1.165, 1.54) is 0 Å². The second-order valence-electron chi connectivity index (χ2n) is 5.32. The zero-order valence-corrected chi connectivity index (χ0v) is 12.4. The highest BCUT2D eigenvalue weighted by Crippen LogP contribution is 2.30. The number of hydrogen-bond donors (Lipinski definition) is 1. The third-order valence-corrected chi connectivity index (χ3v) is 3.86. The third kappa shape index (κ3) is 3.46. The Morgan fingerprint density at radius 1 is 1.29 bits per heavy atom. The number of nitriles is 1. The first-order valence-corrected chi connectivity index (χ1v) is 7.05. The fraction of sp³-hybridized carbons (Fsp3) is 0.500. The molecule has 1 amide bonds. The van der Waals surface area contributed by atoms with Gasteiger partial charge >= 0.3 is 0 Å². The van der Waals surface area contributed by atoms with E-state index in [1.807, 2.05) is 6.07 Å². The number of nitrogens with zero attached hydrogens (tertiary/aromatic N) is 1. The van der Waals surface area contributed by atoms with Gasteiger partial charge in [-0.05, 0) is 43.4 Å². The van der Waals surface area contributed by atoms with E-state index in [0.717, 1.165) is 31.2 Å². The maximum Gasteiger partial charge on any atom is 0.225 e. The fourth-order valence-electron chi connectivity index (χ4n) is 2.73. The molecule has 0 aliphatic heterocycles. The van der Waals surface area contributed by atoms with Crippen molar-refractivity contribution < 1.29 is 14.3 Å². The number of hydrogen-bond acceptors (Lipinski definition) is 4. The molecule has 5 nitrogen and oxygen atoms in total. The van der Waals surface area contributed by atoms with E-state index in [-0.39, 0.29) is 12.3 Å². The molecule has 1 aromatic rings. The van der Waals surface area contributed by atoms with E-state index >= 15 is 0 Å². The molecule has 2 rings (SSSR count). The minimum Gasteiger partial charge on any atom is -0.493 e. The molecule has 0 unspecified atom stereocenters. The first-order valence-electron chi connectivity index (χ1n) is 7.05. The third-order valence-electron chi connectivity index (χ3n) is 3.86. The summed E-state index contributed by atoms with van der Waals surface area (Å²) in [7, 11) is 3.13. The minimum atomic E-state index is -0.673. The van der Waals surface area contributed by atoms with E-state index in [4.69, 9.17) is 9.47 Å². The van der Waals surface area contributed by atoms with Crippen LogP contribution in [0.2, 0.25) is 0 Å². The Bertz CT molecular complexity index is 557. The summed E-state index contributed by atoms with van der Waals surface area (Å²) in [6, 6.07) is 7.64. The second-order valence-corrected chi connectivity index (χ2v) is 5.32. The van der Waals surface area contributed by atoms with Crippen LogP contribution in [0.25, 0.3) is 0 Å². The number of rotatable bonds is 5. The summed E-state index contributed by atoms with van der Waals surface area (Å²) < 4.78 is 10.4. The molecule has 1 N–H and O–H groups in total. The maximum absolute atomic E-state index is 12.2. The highest BCUT2D eigenvalue weighted by atomic mass is 16.5. The van der Waals surface area contributed by atoms with E-state index in [1.54, 1.807) is 26.4 Å². The van der Waals surface area contributed by atoms with Crippen LogP contribution >= 0.6 is 0 Å². The van der Waals surface area contributed by atoms with Gasteiger partial charge in [-0.15, -0.1) is 0 Å². The number of methoxy groups -OCH3 is 2. The Morgan fingerprint density at radius 2 is 1.95 bits per heavy atom. The summed E-state index contributed by atoms with van der Waals surface area (Å²) in [5, 5.41) is 12.2. The number of ether oxygens (including phenoxy) is 2. The van der Waals surface area contributed by atoms with Crippen LogP contribution in [-0.4, -0.2) is 25.7 Å². The zero-order chi connectivity index (χ0) is 15.3. The Kier molecular flexibility index (Phi) is 4.69. The maximum atomic E-state index is 12.2. The molecule has 1 aromatic carbocycles. The van der Waals surface area contributed by atoms with Gasteiger partial charge in [0.1, 0.15) is 5.54 Å². The lowest BCUT2D eigenvalue weighted by Gasteiger charge is -2.22. The van der Waals surface area contributed by atoms with Crippen LogP contribution in [0.1, 0.15) is 31.2 Å². The van der Waals surface area contributed by atoms with Crippen molar-refractivity contribution in [2.24, 2.45) is 0 Å². The van der Waals surface area contributed by atoms with Gasteiger partial charge in [-0.2, -0.15) is 5.26 Å². The van der Waals surface area contributed by atoms with Gasteiger partial charge in [-0.1, -0.05) is 6.07 Å². The van der Waals surface area contributed by atoms with Crippen LogP contribution in [-0.2, 0) is 11.2 Å². The SMILES string of the molecule is COc1ccc(CC(=O)NC2(C#N)CCCC2)cc1OC. The molecule has 0 aromatic heterocycles. The van der Waals surface area contributed by atoms with Gasteiger partial charge in [0.15, 0.2) is 11.5 Å². The lowest BCUT2D eigenvalue weighted by molar-refractivity contribution is -0.121. The highest BCUT2D eigenvalue weighted by Gasteiger charge is 2.35. The first-order chi connectivity index (χ1) is 10.1. The lowest BCUT2D eigenvalue weighted by Crippen LogP contribution is -2.45. The molecule has 0 heterocycles. The van der Waals surface area contributed by atoms with Crippen molar-refractivity contribution in [3.63, 3.8) is 0 Å². The normalized spacial score (nSPS) is 16.0. The van der Waals surface area contributed by atoms with E-state index in [9.17, 15) is 10.1 Å². The quantitative estimate of drug-likeness (QED) is 0.901. The van der Waals surface area contributed by atoms with Gasteiger partial charge in [-0.25, -0.2) is 0 Å². The number of carbonyl (C=O) groups is 1. The van der Waals surface area contributed by atoms with E-state index in [2.05, 4.69) is 11.4 Å². The van der Waals surface area contributed by atoms with Gasteiger partial charge in [0.25, 0.3) is 0 Å². The molecule has 21 heavy (non-hydrogen) atoms. The highest BCUT2D eigenvalue weighted by molar-refractivity contribution is 5.80. The smallest absolute Gasteiger partial charge is 0.225 e. The number of nitrogens with one attached hydrogen (secondary N) is 1. The van der Waals surface area contributed by atoms with Crippen molar-refractivity contribution in [2.75, 3.05) is 14.2 Å². The van der Waals surface area contributed by atoms with Gasteiger partial charge in [0, 0.05) is 0 Å². The summed E-state index contributed by atoms with van der Waals surface area (Å²) in [5.41, 5.74) is 0.157. The van der Waals surface area contributed by atoms with Crippen LogP contribution in [0.4, 0.5) is 0 Å². The van der Waals surface area contributed by atoms with Gasteiger partial charge in [-0.3, -0.25) is 4.79 Å². The van der Waals surface area contributed by atoms with Crippen molar-refractivity contribution in [3.8, 4) is 17.6 Å². The van der Waals surface area contributed by atoms with Gasteiger partial charge in [0.2, 0.25) is 5.91 Å². The molecule has 1 saturated carbocycles. The molecule has 0 radical (unpaired) electrons. The topological polar surface area (TPSA) is 71.3 Å². The summed E-state index contributed by atoms with van der Waals surface area (Å²) in [6.45, 7) is 0. The van der Waals surface area contributed by atoms with Crippen LogP contribution in [0, 0.1) is 11.3 Å². The van der Waals surface area contributed by atoms with Crippen molar-refractivity contribution in [1.82, 2.24) is 5.32 Å². The lowest BCUT2D eigenvalue weighted by atomic mass is 9.99. The molecule has 0 atom stereocenters. The van der Waals surface area contributed by atoms with Crippen molar-refractivity contribution in [2.45, 2.75) is 37.6 Å². The molecule has 0 spiro atoms. The van der Waals surface area contributed by atoms with Gasteiger partial charge < -0.3 is 14.8 Å². The molecule has 5 heteroatoms. The molecular weight excluding hydrogens is 268 g/mol. The fourth-order valence-corrected chi connectivity index (χ4v) is 2.73. The predicted octanol–water partition coefficient (Wildman–Crippen LogP) is 2.20. The predicted molar refractivity (Wildman–Crippen MR) is 78.2 cm³/mol. The second kappa shape index (κ2) is 6.49. The molecule has 1 aliphatic carbocycles. The summed E-state index contributed by atoms with van der Waals surface area (Å²) in [4.78, 5) is 12.2. The molecular formula is C16H20N2O3. The summed E-state index contributed by atoms with van der Waals surface area (Å²) in [5.74, 6) is 1.09. The number of carbonyl (C=O) groups excluding carboxylic acids is 1. The Hall–Kier alpha value is -2.22. The molecule has 0 bridgehead atoms. The number of benzene rings is 1. The van der Waals surface area contributed by atoms with E-state index < -0.39 is 5.54 Å². The Labute approximate surface area is 124 Å². The molecule has 1 fully saturated rings. The monoisotopic (exact) mass is 288 g/mol. The average Bonchev–Trinajstić information content (AvgIpc) is 2.96. The first kappa shape index (κ1) is 15.2. The van der Waals surface area contributed by atoms with Crippen LogP contribution in [0.3, 0.4) is 0 Å². The zero-order valence-electron chi connectivity index (χ0n) is 12.4. The average molecular weight is 288 g/mol. The summed E-state index contributed by atoms with van der Waals surface area (Å²) >= 11 is 0. The van der Waals surface area contributed by atoms with E-state index in [0.29, 0.717) is 11.5 Å². The minimum absolute atomic E-state index is 0.134. The molecule has 112 valence electrons. The van der Waals surface area contributed by atoms with Crippen LogP contribution in [0.5, 0.6) is 11.5 Å².